The Hall–Kier alpha value is -1.34. The van der Waals surface area contributed by atoms with E-state index in [0.717, 1.165) is 44.5 Å². The first kappa shape index (κ1) is 22.7. The number of nitrogens with two attached hydrogens (primary N) is 1. The fourth-order valence-corrected chi connectivity index (χ4v) is 2.85. The summed E-state index contributed by atoms with van der Waals surface area (Å²) in [6.07, 6.45) is 3.71. The minimum atomic E-state index is 0. The second-order valence-electron chi connectivity index (χ2n) is 6.23. The average Bonchev–Trinajstić information content (AvgIpc) is 2.66. The zero-order valence-electron chi connectivity index (χ0n) is 15.5. The molecular weight excluding hydrogens is 356 g/mol. The highest BCUT2D eigenvalue weighted by atomic mass is 35.5. The first-order valence-electron chi connectivity index (χ1n) is 9.07. The molecule has 1 fully saturated rings. The first-order chi connectivity index (χ1) is 12.2. The van der Waals surface area contributed by atoms with Gasteiger partial charge < -0.3 is 24.8 Å². The van der Waals surface area contributed by atoms with Gasteiger partial charge >= 0.3 is 0 Å². The highest BCUT2D eigenvalue weighted by Gasteiger charge is 2.24. The van der Waals surface area contributed by atoms with Crippen LogP contribution in [0.15, 0.2) is 24.3 Å². The molecule has 6 nitrogen and oxygen atoms in total. The van der Waals surface area contributed by atoms with Crippen molar-refractivity contribution in [2.75, 3.05) is 46.6 Å². The number of ether oxygens (including phenoxy) is 3. The third-order valence-corrected chi connectivity index (χ3v) is 4.27. The number of hydrogen-bond acceptors (Lipinski definition) is 5. The highest BCUT2D eigenvalue weighted by molar-refractivity contribution is 5.94. The zero-order chi connectivity index (χ0) is 17.9. The van der Waals surface area contributed by atoms with Gasteiger partial charge in [-0.3, -0.25) is 4.79 Å². The van der Waals surface area contributed by atoms with Crippen LogP contribution in [0.25, 0.3) is 0 Å². The molecule has 1 aromatic carbocycles. The molecule has 1 heterocycles. The number of piperidine rings is 1. The van der Waals surface area contributed by atoms with E-state index in [4.69, 9.17) is 19.9 Å². The van der Waals surface area contributed by atoms with Crippen LogP contribution in [0.2, 0.25) is 0 Å². The van der Waals surface area contributed by atoms with Crippen LogP contribution in [0, 0.1) is 0 Å². The Morgan fingerprint density at radius 2 is 1.96 bits per heavy atom. The van der Waals surface area contributed by atoms with Gasteiger partial charge in [-0.2, -0.15) is 0 Å². The van der Waals surface area contributed by atoms with E-state index in [2.05, 4.69) is 0 Å². The Bertz CT molecular complexity index is 522. The predicted octanol–water partition coefficient (Wildman–Crippen LogP) is 2.49. The lowest BCUT2D eigenvalue weighted by Crippen LogP contribution is -2.41. The Balaban J connectivity index is 0.00000338. The van der Waals surface area contributed by atoms with Gasteiger partial charge in [0.05, 0.1) is 12.7 Å². The van der Waals surface area contributed by atoms with Crippen LogP contribution in [0.5, 0.6) is 5.75 Å². The lowest BCUT2D eigenvalue weighted by molar-refractivity contribution is 0.00843. The number of halogens is 1. The fourth-order valence-electron chi connectivity index (χ4n) is 2.85. The molecule has 1 aromatic rings. The molecule has 148 valence electrons. The summed E-state index contributed by atoms with van der Waals surface area (Å²) < 4.78 is 16.5. The molecule has 1 amide bonds. The van der Waals surface area contributed by atoms with E-state index in [0.29, 0.717) is 31.9 Å². The Kier molecular flexibility index (Phi) is 11.3. The van der Waals surface area contributed by atoms with Crippen molar-refractivity contribution in [1.82, 2.24) is 4.90 Å². The minimum Gasteiger partial charge on any atom is -0.493 e. The van der Waals surface area contributed by atoms with Gasteiger partial charge in [-0.1, -0.05) is 6.07 Å². The van der Waals surface area contributed by atoms with Crippen molar-refractivity contribution in [3.63, 3.8) is 0 Å². The van der Waals surface area contributed by atoms with Crippen molar-refractivity contribution in [2.24, 2.45) is 5.73 Å². The van der Waals surface area contributed by atoms with Crippen molar-refractivity contribution >= 4 is 18.3 Å². The molecule has 0 aromatic heterocycles. The maximum absolute atomic E-state index is 12.7. The summed E-state index contributed by atoms with van der Waals surface area (Å²) in [6, 6.07) is 7.40. The van der Waals surface area contributed by atoms with Crippen molar-refractivity contribution < 1.29 is 19.0 Å². The molecule has 1 aliphatic heterocycles. The van der Waals surface area contributed by atoms with E-state index in [1.807, 2.05) is 29.2 Å². The summed E-state index contributed by atoms with van der Waals surface area (Å²) >= 11 is 0. The van der Waals surface area contributed by atoms with Crippen LogP contribution in [0.1, 0.15) is 36.0 Å². The smallest absolute Gasteiger partial charge is 0.253 e. The quantitative estimate of drug-likeness (QED) is 0.625. The van der Waals surface area contributed by atoms with Crippen LogP contribution in [0.4, 0.5) is 0 Å². The molecule has 0 bridgehead atoms. The van der Waals surface area contributed by atoms with E-state index in [-0.39, 0.29) is 24.4 Å². The zero-order valence-corrected chi connectivity index (χ0v) is 16.3. The standard InChI is InChI=1S/C19H30N2O4.ClH/c1-23-12-4-14-25-18-6-2-5-16(15-18)19(22)21-10-7-17(8-11-21)24-13-3-9-20;/h2,5-6,15,17H,3-4,7-14,20H2,1H3;1H. The van der Waals surface area contributed by atoms with Crippen molar-refractivity contribution in [1.29, 1.82) is 0 Å². The molecule has 26 heavy (non-hydrogen) atoms. The molecule has 0 unspecified atom stereocenters. The van der Waals surface area contributed by atoms with Crippen molar-refractivity contribution in [2.45, 2.75) is 31.8 Å². The molecule has 2 N–H and O–H groups in total. The van der Waals surface area contributed by atoms with Gasteiger partial charge in [-0.15, -0.1) is 12.4 Å². The summed E-state index contributed by atoms with van der Waals surface area (Å²) in [5.41, 5.74) is 6.15. The molecule has 1 saturated heterocycles. The molecular formula is C19H31ClN2O4. The maximum Gasteiger partial charge on any atom is 0.253 e. The molecule has 0 radical (unpaired) electrons. The van der Waals surface area contributed by atoms with E-state index in [1.165, 1.54) is 0 Å². The molecule has 1 aliphatic rings. The maximum atomic E-state index is 12.7. The minimum absolute atomic E-state index is 0. The number of carbonyl (C=O) groups excluding carboxylic acids is 1. The van der Waals surface area contributed by atoms with E-state index in [9.17, 15) is 4.79 Å². The second kappa shape index (κ2) is 12.9. The largest absolute Gasteiger partial charge is 0.493 e. The number of rotatable bonds is 10. The summed E-state index contributed by atoms with van der Waals surface area (Å²) in [7, 11) is 1.67. The molecule has 0 saturated carbocycles. The van der Waals surface area contributed by atoms with Crippen LogP contribution < -0.4 is 10.5 Å². The van der Waals surface area contributed by atoms with Crippen LogP contribution in [-0.4, -0.2) is 63.5 Å². The number of methoxy groups -OCH3 is 1. The number of amides is 1. The van der Waals surface area contributed by atoms with Gasteiger partial charge in [0.25, 0.3) is 5.91 Å². The number of likely N-dealkylation sites (tertiary alicyclic amines) is 1. The number of nitrogens with zero attached hydrogens (tertiary/aromatic N) is 1. The molecule has 0 spiro atoms. The SMILES string of the molecule is COCCCOc1cccc(C(=O)N2CCC(OCCCN)CC2)c1.Cl. The topological polar surface area (TPSA) is 74.0 Å². The lowest BCUT2D eigenvalue weighted by atomic mass is 10.1. The summed E-state index contributed by atoms with van der Waals surface area (Å²) in [6.45, 7) is 4.06. The van der Waals surface area contributed by atoms with E-state index in [1.54, 1.807) is 7.11 Å². The van der Waals surface area contributed by atoms with Crippen molar-refractivity contribution in [3.8, 4) is 5.75 Å². The molecule has 7 heteroatoms. The summed E-state index contributed by atoms with van der Waals surface area (Å²) in [5.74, 6) is 0.782. The normalized spacial score (nSPS) is 14.8. The lowest BCUT2D eigenvalue weighted by Gasteiger charge is -2.32. The summed E-state index contributed by atoms with van der Waals surface area (Å²) in [4.78, 5) is 14.6. The molecule has 0 aliphatic carbocycles. The molecule has 2 rings (SSSR count). The third-order valence-electron chi connectivity index (χ3n) is 4.27. The van der Waals surface area contributed by atoms with Gasteiger partial charge in [0.1, 0.15) is 5.75 Å². The number of benzene rings is 1. The highest BCUT2D eigenvalue weighted by Crippen LogP contribution is 2.19. The van der Waals surface area contributed by atoms with E-state index >= 15 is 0 Å². The molecule has 0 atom stereocenters. The van der Waals surface area contributed by atoms with Gasteiger partial charge in [0, 0.05) is 45.4 Å². The van der Waals surface area contributed by atoms with Gasteiger partial charge in [-0.05, 0) is 44.0 Å². The number of carbonyl (C=O) groups is 1. The Morgan fingerprint density at radius 1 is 1.19 bits per heavy atom. The summed E-state index contributed by atoms with van der Waals surface area (Å²) in [5, 5.41) is 0. The van der Waals surface area contributed by atoms with Gasteiger partial charge in [0.2, 0.25) is 0 Å². The van der Waals surface area contributed by atoms with Crippen molar-refractivity contribution in [3.05, 3.63) is 29.8 Å². The van der Waals surface area contributed by atoms with Crippen LogP contribution in [-0.2, 0) is 9.47 Å². The Labute approximate surface area is 162 Å². The van der Waals surface area contributed by atoms with Crippen LogP contribution >= 0.6 is 12.4 Å². The van der Waals surface area contributed by atoms with Gasteiger partial charge in [-0.25, -0.2) is 0 Å². The third kappa shape index (κ3) is 7.50. The Morgan fingerprint density at radius 3 is 2.65 bits per heavy atom. The monoisotopic (exact) mass is 386 g/mol. The van der Waals surface area contributed by atoms with Gasteiger partial charge in [0.15, 0.2) is 0 Å². The first-order valence-corrected chi connectivity index (χ1v) is 9.07. The second-order valence-corrected chi connectivity index (χ2v) is 6.23. The average molecular weight is 387 g/mol. The van der Waals surface area contributed by atoms with E-state index < -0.39 is 0 Å². The predicted molar refractivity (Wildman–Crippen MR) is 104 cm³/mol. The van der Waals surface area contributed by atoms with Crippen LogP contribution in [0.3, 0.4) is 0 Å². The fraction of sp³-hybridized carbons (Fsp3) is 0.632. The number of hydrogen-bond donors (Lipinski definition) is 1.